The van der Waals surface area contributed by atoms with Crippen molar-refractivity contribution >= 4 is 27.5 Å². The van der Waals surface area contributed by atoms with Crippen molar-refractivity contribution in [3.63, 3.8) is 0 Å². The third-order valence-electron chi connectivity index (χ3n) is 13.9. The predicted octanol–water partition coefficient (Wildman–Crippen LogP) is 12.1. The van der Waals surface area contributed by atoms with Crippen molar-refractivity contribution < 1.29 is 29.5 Å². The van der Waals surface area contributed by atoms with Crippen molar-refractivity contribution in [3.8, 4) is 58.5 Å². The van der Waals surface area contributed by atoms with E-state index in [9.17, 15) is 30.4 Å². The molecule has 0 fully saturated rings. The molecule has 0 aliphatic heterocycles. The monoisotopic (exact) mass is 976 g/mol. The fourth-order valence-corrected chi connectivity index (χ4v) is 20.5. The Bertz CT molecular complexity index is 2560. The van der Waals surface area contributed by atoms with Crippen LogP contribution in [-0.2, 0) is 31.9 Å². The largest absolute Gasteiger partial charge is 0.364 e. The molecule has 0 saturated carbocycles. The summed E-state index contributed by atoms with van der Waals surface area (Å²) in [5.41, 5.74) is 1.81. The molecule has 4 aromatic rings. The first-order valence-electron chi connectivity index (χ1n) is 23.7. The van der Waals surface area contributed by atoms with Crippen LogP contribution in [0.5, 0.6) is 0 Å². The van der Waals surface area contributed by atoms with Gasteiger partial charge in [-0.05, 0) is 93.0 Å². The highest BCUT2D eigenvalue weighted by molar-refractivity contribution is 6.91. The van der Waals surface area contributed by atoms with Gasteiger partial charge in [-0.15, -0.1) is 11.1 Å². The standard InChI is InChI=1S/C58H68N2O8Si2/c1-43(2)69(44(3)4,45(5)6)41-39-55(61,49-25-29-53(30-26-49)59(63)64)33-35-57(67-13,51-21-17-15-18-22-51)37-38-58(68-14,52-23-19-16-20-24-52)36-34-56(62,50-27-31-54(32-28-50)60(65)66)40-42-70(46(7)8,47(9)10)48(11)12/h15-32,43-48,61-62H,1-14H3. The Kier molecular flexibility index (Phi) is 18.6. The van der Waals surface area contributed by atoms with Gasteiger partial charge in [0, 0.05) is 60.7 Å². The third kappa shape index (κ3) is 11.8. The number of nitrogens with zero attached hydrogens (tertiary/aromatic N) is 2. The quantitative estimate of drug-likeness (QED) is 0.0550. The van der Waals surface area contributed by atoms with E-state index in [2.05, 4.69) is 142 Å². The molecule has 0 amide bonds. The number of rotatable bonds is 14. The lowest BCUT2D eigenvalue weighted by molar-refractivity contribution is -0.385. The molecule has 0 heterocycles. The molecule has 4 unspecified atom stereocenters. The SMILES string of the molecule is COC(C#CC(O)(C#C[Si](C(C)C)(C(C)C)C(C)C)c1ccc([N+](=O)[O-])cc1)(C#CC(C#CC(O)(C#C[Si](C(C)C)(C(C)C)C(C)C)c1ccc([N+](=O)[O-])cc1)(OC)c1ccccc1)c1ccccc1. The topological polar surface area (TPSA) is 145 Å². The van der Waals surface area contributed by atoms with Crippen molar-refractivity contribution in [2.24, 2.45) is 0 Å². The molecule has 0 aliphatic rings. The van der Waals surface area contributed by atoms with Crippen LogP contribution in [0.25, 0.3) is 0 Å². The summed E-state index contributed by atoms with van der Waals surface area (Å²) in [6, 6.07) is 29.1. The van der Waals surface area contributed by atoms with Gasteiger partial charge in [-0.2, -0.15) is 0 Å². The number of aliphatic hydroxyl groups is 2. The molecule has 0 radical (unpaired) electrons. The summed E-state index contributed by atoms with van der Waals surface area (Å²) in [5, 5.41) is 49.1. The average Bonchev–Trinajstić information content (AvgIpc) is 3.33. The Hall–Kier alpha value is -6.25. The summed E-state index contributed by atoms with van der Waals surface area (Å²) >= 11 is 0. The van der Waals surface area contributed by atoms with Gasteiger partial charge in [0.2, 0.25) is 22.4 Å². The number of nitro benzene ring substituents is 2. The number of hydrogen-bond donors (Lipinski definition) is 2. The van der Waals surface area contributed by atoms with Crippen LogP contribution in [0.2, 0.25) is 33.2 Å². The van der Waals surface area contributed by atoms with Crippen molar-refractivity contribution in [1.82, 2.24) is 0 Å². The molecule has 0 spiro atoms. The molecule has 12 heteroatoms. The third-order valence-corrected chi connectivity index (χ3v) is 26.5. The van der Waals surface area contributed by atoms with Crippen LogP contribution in [0.4, 0.5) is 11.4 Å². The second-order valence-corrected chi connectivity index (χ2v) is 30.7. The van der Waals surface area contributed by atoms with Crippen LogP contribution in [0.3, 0.4) is 0 Å². The van der Waals surface area contributed by atoms with Gasteiger partial charge in [-0.25, -0.2) is 0 Å². The summed E-state index contributed by atoms with van der Waals surface area (Å²) in [6.07, 6.45) is 0. The summed E-state index contributed by atoms with van der Waals surface area (Å²) < 4.78 is 12.6. The van der Waals surface area contributed by atoms with Gasteiger partial charge in [-0.3, -0.25) is 20.2 Å². The number of non-ortho nitro benzene ring substituents is 2. The molecular formula is C58H68N2O8Si2. The van der Waals surface area contributed by atoms with Crippen molar-refractivity contribution in [2.45, 2.75) is 139 Å². The minimum Gasteiger partial charge on any atom is -0.364 e. The number of hydrogen-bond acceptors (Lipinski definition) is 8. The molecule has 4 atom stereocenters. The Morgan fingerprint density at radius 1 is 0.414 bits per heavy atom. The molecule has 4 rings (SSSR count). The molecule has 366 valence electrons. The molecule has 0 aromatic heterocycles. The van der Waals surface area contributed by atoms with Crippen molar-refractivity contribution in [1.29, 1.82) is 0 Å². The summed E-state index contributed by atoms with van der Waals surface area (Å²) in [7, 11) is -2.04. The summed E-state index contributed by atoms with van der Waals surface area (Å²) in [6.45, 7) is 25.9. The average molecular weight is 977 g/mol. The van der Waals surface area contributed by atoms with Crippen LogP contribution in [0, 0.1) is 78.7 Å². The van der Waals surface area contributed by atoms with Crippen LogP contribution >= 0.6 is 0 Å². The first-order chi connectivity index (χ1) is 32.8. The molecule has 2 N–H and O–H groups in total. The van der Waals surface area contributed by atoms with Crippen LogP contribution in [-0.4, -0.2) is 50.4 Å². The van der Waals surface area contributed by atoms with Gasteiger partial charge < -0.3 is 19.7 Å². The first kappa shape index (κ1) is 56.3. The van der Waals surface area contributed by atoms with Gasteiger partial charge in [0.25, 0.3) is 11.4 Å². The Labute approximate surface area is 418 Å². The normalized spacial score (nSPS) is 15.0. The van der Waals surface area contributed by atoms with Crippen molar-refractivity contribution in [3.05, 3.63) is 152 Å². The van der Waals surface area contributed by atoms with Crippen LogP contribution in [0.1, 0.15) is 105 Å². The summed E-state index contributed by atoms with van der Waals surface area (Å²) in [4.78, 5) is 22.4. The molecule has 0 saturated heterocycles. The fraction of sp³-hybridized carbons (Fsp3) is 0.414. The van der Waals surface area contributed by atoms with Gasteiger partial charge in [-0.1, -0.05) is 156 Å². The second-order valence-electron chi connectivity index (χ2n) is 19.6. The minimum atomic E-state index is -2.47. The Balaban J connectivity index is 2.17. The number of ether oxygens (including phenoxy) is 2. The second kappa shape index (κ2) is 23.1. The number of methoxy groups -OCH3 is 2. The van der Waals surface area contributed by atoms with E-state index in [-0.39, 0.29) is 55.7 Å². The van der Waals surface area contributed by atoms with Crippen LogP contribution in [0.15, 0.2) is 109 Å². The zero-order valence-corrected chi connectivity index (χ0v) is 45.1. The highest BCUT2D eigenvalue weighted by Crippen LogP contribution is 2.43. The Morgan fingerprint density at radius 2 is 0.671 bits per heavy atom. The van der Waals surface area contributed by atoms with E-state index in [0.29, 0.717) is 11.1 Å². The van der Waals surface area contributed by atoms with Gasteiger partial charge in [0.05, 0.1) is 9.85 Å². The highest BCUT2D eigenvalue weighted by Gasteiger charge is 2.44. The lowest BCUT2D eigenvalue weighted by Gasteiger charge is -2.38. The van der Waals surface area contributed by atoms with Crippen LogP contribution < -0.4 is 0 Å². The van der Waals surface area contributed by atoms with Crippen molar-refractivity contribution in [2.75, 3.05) is 14.2 Å². The zero-order chi connectivity index (χ0) is 52.3. The van der Waals surface area contributed by atoms with Gasteiger partial charge in [0.1, 0.15) is 16.1 Å². The lowest BCUT2D eigenvalue weighted by atomic mass is 9.87. The number of nitro groups is 2. The Morgan fingerprint density at radius 3 is 0.900 bits per heavy atom. The molecule has 10 nitrogen and oxygen atoms in total. The maximum Gasteiger partial charge on any atom is 0.269 e. The van der Waals surface area contributed by atoms with E-state index in [1.165, 1.54) is 62.8 Å². The maximum absolute atomic E-state index is 12.8. The minimum absolute atomic E-state index is 0.158. The van der Waals surface area contributed by atoms with E-state index in [1.54, 1.807) is 48.5 Å². The highest BCUT2D eigenvalue weighted by atomic mass is 28.3. The predicted molar refractivity (Wildman–Crippen MR) is 285 cm³/mol. The number of benzene rings is 4. The van der Waals surface area contributed by atoms with Gasteiger partial charge >= 0.3 is 0 Å². The van der Waals surface area contributed by atoms with E-state index in [0.717, 1.165) is 0 Å². The molecule has 0 aliphatic carbocycles. The molecule has 70 heavy (non-hydrogen) atoms. The van der Waals surface area contributed by atoms with E-state index in [4.69, 9.17) is 9.47 Å². The molecule has 0 bridgehead atoms. The molecular weight excluding hydrogens is 909 g/mol. The lowest BCUT2D eigenvalue weighted by Crippen LogP contribution is -2.44. The van der Waals surface area contributed by atoms with E-state index >= 15 is 0 Å². The summed E-state index contributed by atoms with van der Waals surface area (Å²) in [5.74, 6) is 25.4. The van der Waals surface area contributed by atoms with E-state index < -0.39 is 48.4 Å². The fourth-order valence-electron chi connectivity index (χ4n) is 9.93. The van der Waals surface area contributed by atoms with Gasteiger partial charge in [0.15, 0.2) is 0 Å². The van der Waals surface area contributed by atoms with E-state index in [1.807, 2.05) is 12.1 Å². The maximum atomic E-state index is 12.8. The zero-order valence-electron chi connectivity index (χ0n) is 43.1. The molecule has 4 aromatic carbocycles. The first-order valence-corrected chi connectivity index (χ1v) is 28.2. The smallest absolute Gasteiger partial charge is 0.269 e.